The van der Waals surface area contributed by atoms with Crippen LogP contribution < -0.4 is 10.1 Å². The molecule has 1 aromatic heterocycles. The van der Waals surface area contributed by atoms with Gasteiger partial charge < -0.3 is 4.74 Å². The van der Waals surface area contributed by atoms with E-state index >= 15 is 0 Å². The Morgan fingerprint density at radius 1 is 1.30 bits per heavy atom. The van der Waals surface area contributed by atoms with Gasteiger partial charge in [0.2, 0.25) is 5.13 Å². The third-order valence-corrected chi connectivity index (χ3v) is 3.46. The Kier molecular flexibility index (Phi) is 4.68. The standard InChI is InChI=1S/C14H17N3O2S/c1-4-12-16-17-14(20-12)15-13(18)10-5-7-11(8-6-10)19-9(2)3/h5-9H,4H2,1-3H3,(H,15,17,18). The molecule has 0 aliphatic carbocycles. The number of ether oxygens (including phenoxy) is 1. The summed E-state index contributed by atoms with van der Waals surface area (Å²) in [6.07, 6.45) is 0.929. The molecule has 0 unspecified atom stereocenters. The first kappa shape index (κ1) is 14.5. The lowest BCUT2D eigenvalue weighted by molar-refractivity contribution is 0.102. The topological polar surface area (TPSA) is 64.1 Å². The van der Waals surface area contributed by atoms with Crippen molar-refractivity contribution in [3.63, 3.8) is 0 Å². The lowest BCUT2D eigenvalue weighted by atomic mass is 10.2. The van der Waals surface area contributed by atoms with Gasteiger partial charge >= 0.3 is 0 Å². The summed E-state index contributed by atoms with van der Waals surface area (Å²) in [5.41, 5.74) is 0.564. The van der Waals surface area contributed by atoms with Crippen LogP contribution in [0.1, 0.15) is 36.1 Å². The molecule has 20 heavy (non-hydrogen) atoms. The zero-order valence-corrected chi connectivity index (χ0v) is 12.5. The third-order valence-electron chi connectivity index (χ3n) is 2.48. The average Bonchev–Trinajstić information content (AvgIpc) is 2.86. The van der Waals surface area contributed by atoms with Crippen LogP contribution in [-0.2, 0) is 6.42 Å². The normalized spacial score (nSPS) is 10.6. The third kappa shape index (κ3) is 3.77. The molecule has 1 amide bonds. The minimum atomic E-state index is -0.195. The first-order valence-corrected chi connectivity index (χ1v) is 7.30. The second kappa shape index (κ2) is 6.47. The molecule has 1 N–H and O–H groups in total. The average molecular weight is 291 g/mol. The van der Waals surface area contributed by atoms with Crippen molar-refractivity contribution >= 4 is 22.4 Å². The van der Waals surface area contributed by atoms with Gasteiger partial charge in [0, 0.05) is 5.56 Å². The molecule has 1 aromatic carbocycles. The predicted molar refractivity (Wildman–Crippen MR) is 79.4 cm³/mol. The number of rotatable bonds is 5. The van der Waals surface area contributed by atoms with Crippen LogP contribution in [0.3, 0.4) is 0 Å². The number of nitrogens with zero attached hydrogens (tertiary/aromatic N) is 2. The lowest BCUT2D eigenvalue weighted by Gasteiger charge is -2.09. The van der Waals surface area contributed by atoms with E-state index in [1.165, 1.54) is 11.3 Å². The fourth-order valence-corrected chi connectivity index (χ4v) is 2.25. The Hall–Kier alpha value is -1.95. The molecular formula is C14H17N3O2S. The smallest absolute Gasteiger partial charge is 0.257 e. The molecular weight excluding hydrogens is 274 g/mol. The highest BCUT2D eigenvalue weighted by Crippen LogP contribution is 2.18. The van der Waals surface area contributed by atoms with Gasteiger partial charge in [-0.2, -0.15) is 0 Å². The first-order valence-electron chi connectivity index (χ1n) is 6.49. The minimum absolute atomic E-state index is 0.114. The molecule has 1 heterocycles. The summed E-state index contributed by atoms with van der Waals surface area (Å²) < 4.78 is 5.53. The van der Waals surface area contributed by atoms with Crippen molar-refractivity contribution in [1.82, 2.24) is 10.2 Å². The van der Waals surface area contributed by atoms with Crippen molar-refractivity contribution in [2.45, 2.75) is 33.3 Å². The number of hydrogen-bond acceptors (Lipinski definition) is 5. The first-order chi connectivity index (χ1) is 9.58. The van der Waals surface area contributed by atoms with E-state index in [0.717, 1.165) is 17.2 Å². The summed E-state index contributed by atoms with van der Waals surface area (Å²) in [5, 5.41) is 12.0. The molecule has 0 fully saturated rings. The van der Waals surface area contributed by atoms with E-state index in [-0.39, 0.29) is 12.0 Å². The monoisotopic (exact) mass is 291 g/mol. The van der Waals surface area contributed by atoms with Crippen molar-refractivity contribution in [3.05, 3.63) is 34.8 Å². The van der Waals surface area contributed by atoms with Crippen LogP contribution in [-0.4, -0.2) is 22.2 Å². The Bertz CT molecular complexity index is 578. The van der Waals surface area contributed by atoms with E-state index < -0.39 is 0 Å². The number of nitrogens with one attached hydrogen (secondary N) is 1. The highest BCUT2D eigenvalue weighted by molar-refractivity contribution is 7.15. The summed E-state index contributed by atoms with van der Waals surface area (Å²) in [6, 6.07) is 7.03. The summed E-state index contributed by atoms with van der Waals surface area (Å²) in [6.45, 7) is 5.92. The van der Waals surface area contributed by atoms with Crippen LogP contribution in [0.15, 0.2) is 24.3 Å². The molecule has 0 saturated heterocycles. The summed E-state index contributed by atoms with van der Waals surface area (Å²) in [7, 11) is 0. The minimum Gasteiger partial charge on any atom is -0.491 e. The van der Waals surface area contributed by atoms with Gasteiger partial charge in [-0.05, 0) is 44.5 Å². The van der Waals surface area contributed by atoms with Crippen molar-refractivity contribution in [3.8, 4) is 5.75 Å². The van der Waals surface area contributed by atoms with Crippen molar-refractivity contribution < 1.29 is 9.53 Å². The fourth-order valence-electron chi connectivity index (χ4n) is 1.57. The zero-order valence-electron chi connectivity index (χ0n) is 11.7. The molecule has 6 heteroatoms. The maximum absolute atomic E-state index is 12.0. The summed E-state index contributed by atoms with van der Waals surface area (Å²) >= 11 is 1.39. The fraction of sp³-hybridized carbons (Fsp3) is 0.357. The van der Waals surface area contributed by atoms with E-state index in [2.05, 4.69) is 15.5 Å². The number of benzene rings is 1. The van der Waals surface area contributed by atoms with Gasteiger partial charge in [-0.25, -0.2) is 0 Å². The molecule has 0 atom stereocenters. The predicted octanol–water partition coefficient (Wildman–Crippen LogP) is 3.14. The van der Waals surface area contributed by atoms with Crippen LogP contribution in [0.25, 0.3) is 0 Å². The van der Waals surface area contributed by atoms with Crippen LogP contribution >= 0.6 is 11.3 Å². The molecule has 106 valence electrons. The van der Waals surface area contributed by atoms with Gasteiger partial charge in [0.1, 0.15) is 10.8 Å². The number of aryl methyl sites for hydroxylation is 1. The lowest BCUT2D eigenvalue weighted by Crippen LogP contribution is -2.12. The van der Waals surface area contributed by atoms with Crippen LogP contribution in [0.5, 0.6) is 5.75 Å². The number of hydrogen-bond donors (Lipinski definition) is 1. The molecule has 2 rings (SSSR count). The molecule has 0 radical (unpaired) electrons. The Balaban J connectivity index is 2.01. The molecule has 0 saturated carbocycles. The quantitative estimate of drug-likeness (QED) is 0.919. The largest absolute Gasteiger partial charge is 0.491 e. The van der Waals surface area contributed by atoms with Gasteiger partial charge in [0.15, 0.2) is 0 Å². The van der Waals surface area contributed by atoms with E-state index in [1.54, 1.807) is 24.3 Å². The molecule has 0 aliphatic rings. The van der Waals surface area contributed by atoms with Crippen LogP contribution in [0.2, 0.25) is 0 Å². The van der Waals surface area contributed by atoms with Gasteiger partial charge in [0.25, 0.3) is 5.91 Å². The highest BCUT2D eigenvalue weighted by Gasteiger charge is 2.10. The molecule has 2 aromatic rings. The number of aromatic nitrogens is 2. The Morgan fingerprint density at radius 3 is 2.55 bits per heavy atom. The SMILES string of the molecule is CCc1nnc(NC(=O)c2ccc(OC(C)C)cc2)s1. The summed E-state index contributed by atoms with van der Waals surface area (Å²) in [5.74, 6) is 0.556. The maximum atomic E-state index is 12.0. The van der Waals surface area contributed by atoms with E-state index in [0.29, 0.717) is 10.7 Å². The Labute approximate surface area is 122 Å². The zero-order chi connectivity index (χ0) is 14.5. The van der Waals surface area contributed by atoms with Gasteiger partial charge in [-0.15, -0.1) is 10.2 Å². The van der Waals surface area contributed by atoms with Crippen LogP contribution in [0, 0.1) is 0 Å². The molecule has 0 bridgehead atoms. The number of carbonyl (C=O) groups excluding carboxylic acids is 1. The van der Waals surface area contributed by atoms with Crippen LogP contribution in [0.4, 0.5) is 5.13 Å². The second-order valence-electron chi connectivity index (χ2n) is 4.50. The van der Waals surface area contributed by atoms with Crippen molar-refractivity contribution in [1.29, 1.82) is 0 Å². The van der Waals surface area contributed by atoms with Gasteiger partial charge in [-0.1, -0.05) is 18.3 Å². The molecule has 0 aliphatic heterocycles. The number of anilines is 1. The van der Waals surface area contributed by atoms with Crippen molar-refractivity contribution in [2.24, 2.45) is 0 Å². The number of amides is 1. The molecule has 5 nitrogen and oxygen atoms in total. The van der Waals surface area contributed by atoms with Gasteiger partial charge in [0.05, 0.1) is 6.10 Å². The molecule has 0 spiro atoms. The second-order valence-corrected chi connectivity index (χ2v) is 5.56. The van der Waals surface area contributed by atoms with E-state index in [9.17, 15) is 4.79 Å². The highest BCUT2D eigenvalue weighted by atomic mass is 32.1. The Morgan fingerprint density at radius 2 is 2.00 bits per heavy atom. The van der Waals surface area contributed by atoms with Gasteiger partial charge in [-0.3, -0.25) is 10.1 Å². The van der Waals surface area contributed by atoms with Crippen molar-refractivity contribution in [2.75, 3.05) is 5.32 Å². The maximum Gasteiger partial charge on any atom is 0.257 e. The number of carbonyl (C=O) groups is 1. The van der Waals surface area contributed by atoms with E-state index in [1.807, 2.05) is 20.8 Å². The van der Waals surface area contributed by atoms with E-state index in [4.69, 9.17) is 4.74 Å². The summed E-state index contributed by atoms with van der Waals surface area (Å²) in [4.78, 5) is 12.0.